The van der Waals surface area contributed by atoms with Crippen LogP contribution in [0.3, 0.4) is 0 Å². The Morgan fingerprint density at radius 3 is 2.07 bits per heavy atom. The molecule has 0 radical (unpaired) electrons. The molecule has 0 aliphatic carbocycles. The molecule has 5 nitrogen and oxygen atoms in total. The molecule has 5 heteroatoms. The molecule has 2 aromatic rings. The lowest BCUT2D eigenvalue weighted by molar-refractivity contribution is 0.104. The van der Waals surface area contributed by atoms with Crippen molar-refractivity contribution in [1.29, 1.82) is 0 Å². The third kappa shape index (κ3) is 6.43. The molecule has 150 valence electrons. The molecule has 0 aromatic heterocycles. The minimum Gasteiger partial charge on any atom is -0.507 e. The Hall–Kier alpha value is -3.73. The van der Waals surface area contributed by atoms with Gasteiger partial charge in [-0.3, -0.25) is 4.79 Å². The Labute approximate surface area is 170 Å². The molecule has 0 spiro atoms. The van der Waals surface area contributed by atoms with Crippen LogP contribution < -0.4 is 14.2 Å². The summed E-state index contributed by atoms with van der Waals surface area (Å²) in [6.45, 7) is 11.7. The molecule has 0 aliphatic heterocycles. The Balaban J connectivity index is 2.23. The van der Waals surface area contributed by atoms with E-state index in [0.717, 1.165) is 5.56 Å². The Bertz CT molecular complexity index is 894. The lowest BCUT2D eigenvalue weighted by atomic mass is 10.1. The van der Waals surface area contributed by atoms with Crippen LogP contribution in [-0.4, -0.2) is 30.7 Å². The molecule has 0 saturated carbocycles. The molecule has 2 rings (SSSR count). The van der Waals surface area contributed by atoms with E-state index in [2.05, 4.69) is 19.7 Å². The van der Waals surface area contributed by atoms with Crippen molar-refractivity contribution < 1.29 is 24.1 Å². The van der Waals surface area contributed by atoms with Crippen molar-refractivity contribution in [2.24, 2.45) is 0 Å². The maximum atomic E-state index is 12.7. The van der Waals surface area contributed by atoms with Crippen LogP contribution in [0, 0.1) is 0 Å². The number of hydrogen-bond acceptors (Lipinski definition) is 5. The van der Waals surface area contributed by atoms with Crippen molar-refractivity contribution in [2.45, 2.75) is 0 Å². The van der Waals surface area contributed by atoms with Gasteiger partial charge < -0.3 is 19.3 Å². The highest BCUT2D eigenvalue weighted by Gasteiger charge is 2.18. The van der Waals surface area contributed by atoms with Gasteiger partial charge >= 0.3 is 0 Å². The summed E-state index contributed by atoms with van der Waals surface area (Å²) in [5, 5.41) is 10.4. The van der Waals surface area contributed by atoms with E-state index >= 15 is 0 Å². The summed E-state index contributed by atoms with van der Waals surface area (Å²) >= 11 is 0. The van der Waals surface area contributed by atoms with Crippen LogP contribution in [0.25, 0.3) is 6.08 Å². The van der Waals surface area contributed by atoms with Crippen LogP contribution in [0.15, 0.2) is 80.4 Å². The zero-order valence-electron chi connectivity index (χ0n) is 16.2. The molecule has 0 fully saturated rings. The van der Waals surface area contributed by atoms with Crippen molar-refractivity contribution >= 4 is 11.9 Å². The van der Waals surface area contributed by atoms with Gasteiger partial charge in [-0.1, -0.05) is 56.2 Å². The van der Waals surface area contributed by atoms with Gasteiger partial charge in [0.2, 0.25) is 0 Å². The van der Waals surface area contributed by atoms with Gasteiger partial charge in [0.1, 0.15) is 48.4 Å². The lowest BCUT2D eigenvalue weighted by Gasteiger charge is -2.13. The Morgan fingerprint density at radius 2 is 1.45 bits per heavy atom. The van der Waals surface area contributed by atoms with Crippen LogP contribution in [0.1, 0.15) is 15.9 Å². The summed E-state index contributed by atoms with van der Waals surface area (Å²) in [7, 11) is 0. The van der Waals surface area contributed by atoms with Crippen LogP contribution in [-0.2, 0) is 0 Å². The van der Waals surface area contributed by atoms with Gasteiger partial charge in [0, 0.05) is 12.1 Å². The second kappa shape index (κ2) is 11.2. The number of carbonyl (C=O) groups excluding carboxylic acids is 1. The summed E-state index contributed by atoms with van der Waals surface area (Å²) in [5.41, 5.74) is 0.864. The van der Waals surface area contributed by atoms with E-state index in [1.165, 1.54) is 12.1 Å². The van der Waals surface area contributed by atoms with Gasteiger partial charge in [-0.2, -0.15) is 0 Å². The van der Waals surface area contributed by atoms with Crippen molar-refractivity contribution in [3.8, 4) is 23.0 Å². The summed E-state index contributed by atoms with van der Waals surface area (Å²) in [6.07, 6.45) is 7.82. The smallest absolute Gasteiger partial charge is 0.193 e. The molecular formula is C24H24O5. The quantitative estimate of drug-likeness (QED) is 0.313. The first-order chi connectivity index (χ1) is 14.1. The molecule has 0 saturated heterocycles. The van der Waals surface area contributed by atoms with E-state index in [-0.39, 0.29) is 30.3 Å². The highest BCUT2D eigenvalue weighted by Crippen LogP contribution is 2.34. The van der Waals surface area contributed by atoms with E-state index in [0.29, 0.717) is 18.1 Å². The standard InChI is InChI=1S/C24H24O5/c1-4-13-27-19-10-7-18(8-11-19)9-12-21(25)24-22(26)16-20(28-14-5-2)17-23(24)29-15-6-3/h4-12,16-17,26H,1-3,13-15H2/b12-9+. The van der Waals surface area contributed by atoms with Gasteiger partial charge in [-0.25, -0.2) is 0 Å². The van der Waals surface area contributed by atoms with Crippen molar-refractivity contribution in [1.82, 2.24) is 0 Å². The molecule has 0 amide bonds. The van der Waals surface area contributed by atoms with Gasteiger partial charge in [-0.15, -0.1) is 0 Å². The number of ether oxygens (including phenoxy) is 3. The number of phenols is 1. The lowest BCUT2D eigenvalue weighted by Crippen LogP contribution is -2.04. The first-order valence-corrected chi connectivity index (χ1v) is 8.99. The zero-order valence-corrected chi connectivity index (χ0v) is 16.2. The number of allylic oxidation sites excluding steroid dienone is 1. The van der Waals surface area contributed by atoms with E-state index < -0.39 is 5.78 Å². The third-order valence-electron chi connectivity index (χ3n) is 3.70. The number of hydrogen-bond donors (Lipinski definition) is 1. The van der Waals surface area contributed by atoms with Crippen molar-refractivity contribution in [3.63, 3.8) is 0 Å². The predicted octanol–water partition coefficient (Wildman–Crippen LogP) is 4.98. The van der Waals surface area contributed by atoms with Gasteiger partial charge in [-0.05, 0) is 23.8 Å². The van der Waals surface area contributed by atoms with Crippen LogP contribution in [0.4, 0.5) is 0 Å². The Morgan fingerprint density at radius 1 is 0.862 bits per heavy atom. The third-order valence-corrected chi connectivity index (χ3v) is 3.70. The minimum atomic E-state index is -0.399. The molecule has 0 bridgehead atoms. The molecule has 2 aromatic carbocycles. The maximum absolute atomic E-state index is 12.7. The van der Waals surface area contributed by atoms with Crippen molar-refractivity contribution in [3.05, 3.63) is 91.6 Å². The topological polar surface area (TPSA) is 65.0 Å². The summed E-state index contributed by atoms with van der Waals surface area (Å²) in [6, 6.07) is 10.2. The molecule has 29 heavy (non-hydrogen) atoms. The molecule has 0 unspecified atom stereocenters. The van der Waals surface area contributed by atoms with E-state index in [1.54, 1.807) is 42.5 Å². The first kappa shape index (κ1) is 21.6. The number of phenolic OH excluding ortho intramolecular Hbond substituents is 1. The number of benzene rings is 2. The molecule has 0 aliphatic rings. The monoisotopic (exact) mass is 392 g/mol. The SMILES string of the molecule is C=CCOc1ccc(/C=C/C(=O)c2c(O)cc(OCC=C)cc2OCC=C)cc1. The predicted molar refractivity (Wildman–Crippen MR) is 115 cm³/mol. The normalized spacial score (nSPS) is 10.3. The van der Waals surface area contributed by atoms with Crippen LogP contribution in [0.2, 0.25) is 0 Å². The van der Waals surface area contributed by atoms with Gasteiger partial charge in [0.05, 0.1) is 0 Å². The van der Waals surface area contributed by atoms with E-state index in [9.17, 15) is 9.90 Å². The second-order valence-corrected chi connectivity index (χ2v) is 5.88. The van der Waals surface area contributed by atoms with E-state index in [4.69, 9.17) is 14.2 Å². The summed E-state index contributed by atoms with van der Waals surface area (Å²) in [4.78, 5) is 12.7. The number of ketones is 1. The van der Waals surface area contributed by atoms with Crippen molar-refractivity contribution in [2.75, 3.05) is 19.8 Å². The largest absolute Gasteiger partial charge is 0.507 e. The molecule has 0 heterocycles. The Kier molecular flexibility index (Phi) is 8.32. The number of rotatable bonds is 12. The fraction of sp³-hybridized carbons (Fsp3) is 0.125. The average Bonchev–Trinajstić information content (AvgIpc) is 2.73. The number of aromatic hydroxyl groups is 1. The average molecular weight is 392 g/mol. The van der Waals surface area contributed by atoms with Crippen LogP contribution >= 0.6 is 0 Å². The molecular weight excluding hydrogens is 368 g/mol. The van der Waals surface area contributed by atoms with Crippen LogP contribution in [0.5, 0.6) is 23.0 Å². The fourth-order valence-electron chi connectivity index (χ4n) is 2.41. The number of carbonyl (C=O) groups is 1. The van der Waals surface area contributed by atoms with E-state index in [1.807, 2.05) is 12.1 Å². The summed E-state index contributed by atoms with van der Waals surface area (Å²) in [5.74, 6) is 0.669. The first-order valence-electron chi connectivity index (χ1n) is 8.99. The highest BCUT2D eigenvalue weighted by atomic mass is 16.5. The second-order valence-electron chi connectivity index (χ2n) is 5.88. The highest BCUT2D eigenvalue weighted by molar-refractivity contribution is 6.10. The zero-order chi connectivity index (χ0) is 21.1. The minimum absolute atomic E-state index is 0.0555. The fourth-order valence-corrected chi connectivity index (χ4v) is 2.41. The molecule has 1 N–H and O–H groups in total. The van der Waals surface area contributed by atoms with Gasteiger partial charge in [0.25, 0.3) is 0 Å². The molecule has 0 atom stereocenters. The summed E-state index contributed by atoms with van der Waals surface area (Å²) < 4.78 is 16.4. The van der Waals surface area contributed by atoms with Gasteiger partial charge in [0.15, 0.2) is 5.78 Å². The maximum Gasteiger partial charge on any atom is 0.193 e.